The molecule has 0 aromatic rings. The number of nitrogens with one attached hydrogen (secondary N) is 1. The fraction of sp³-hybridized carbons (Fsp3) is 0.900. The Labute approximate surface area is 73.7 Å². The van der Waals surface area contributed by atoms with Gasteiger partial charge in [-0.25, -0.2) is 0 Å². The van der Waals surface area contributed by atoms with Crippen LogP contribution in [-0.2, 0) is 4.79 Å². The second-order valence-electron chi connectivity index (χ2n) is 4.20. The van der Waals surface area contributed by atoms with E-state index in [1.807, 2.05) is 0 Å². The summed E-state index contributed by atoms with van der Waals surface area (Å²) in [5.74, 6) is 0.982. The van der Waals surface area contributed by atoms with Crippen LogP contribution in [-0.4, -0.2) is 11.9 Å². The minimum Gasteiger partial charge on any atom is -0.353 e. The van der Waals surface area contributed by atoms with Crippen molar-refractivity contribution >= 4 is 5.91 Å². The number of rotatable bonds is 0. The molecular formula is C10H17NO. The van der Waals surface area contributed by atoms with Gasteiger partial charge in [0.15, 0.2) is 0 Å². The molecule has 68 valence electrons. The Morgan fingerprint density at radius 2 is 1.75 bits per heavy atom. The number of fused-ring (bicyclic) bond motifs is 6. The lowest BCUT2D eigenvalue weighted by molar-refractivity contribution is -0.123. The van der Waals surface area contributed by atoms with E-state index in [2.05, 4.69) is 5.32 Å². The van der Waals surface area contributed by atoms with Gasteiger partial charge in [0.2, 0.25) is 5.91 Å². The van der Waals surface area contributed by atoms with Crippen LogP contribution in [0.5, 0.6) is 0 Å². The van der Waals surface area contributed by atoms with Gasteiger partial charge in [-0.05, 0) is 31.6 Å². The molecule has 2 saturated heterocycles. The third kappa shape index (κ3) is 1.79. The van der Waals surface area contributed by atoms with E-state index in [4.69, 9.17) is 0 Å². The third-order valence-electron chi connectivity index (χ3n) is 3.17. The maximum atomic E-state index is 11.3. The Kier molecular flexibility index (Phi) is 2.33. The first-order chi connectivity index (χ1) is 5.84. The molecule has 2 aliphatic heterocycles. The maximum Gasteiger partial charge on any atom is 0.220 e. The summed E-state index contributed by atoms with van der Waals surface area (Å²) in [6.45, 7) is 0. The Morgan fingerprint density at radius 1 is 1.08 bits per heavy atom. The van der Waals surface area contributed by atoms with Gasteiger partial charge in [0, 0.05) is 12.5 Å². The predicted octanol–water partition coefficient (Wildman–Crippen LogP) is 1.85. The standard InChI is InChI=1S/C10H17NO/c12-10-7-8-3-1-5-9(11-10)6-2-4-8/h8-9H,1-7H2,(H,11,12). The molecule has 2 bridgehead atoms. The monoisotopic (exact) mass is 167 g/mol. The second-order valence-corrected chi connectivity index (χ2v) is 4.20. The van der Waals surface area contributed by atoms with Crippen LogP contribution in [0.3, 0.4) is 0 Å². The van der Waals surface area contributed by atoms with Crippen molar-refractivity contribution in [1.29, 1.82) is 0 Å². The Bertz CT molecular complexity index is 153. The van der Waals surface area contributed by atoms with Crippen molar-refractivity contribution in [3.05, 3.63) is 0 Å². The van der Waals surface area contributed by atoms with Crippen LogP contribution in [0.15, 0.2) is 0 Å². The van der Waals surface area contributed by atoms with Gasteiger partial charge in [0.25, 0.3) is 0 Å². The van der Waals surface area contributed by atoms with Crippen molar-refractivity contribution in [2.45, 2.75) is 51.0 Å². The van der Waals surface area contributed by atoms with Gasteiger partial charge in [0.05, 0.1) is 0 Å². The summed E-state index contributed by atoms with van der Waals surface area (Å²) >= 11 is 0. The lowest BCUT2D eigenvalue weighted by atomic mass is 9.84. The van der Waals surface area contributed by atoms with Gasteiger partial charge in [-0.2, -0.15) is 0 Å². The normalized spacial score (nSPS) is 36.5. The molecule has 0 unspecified atom stereocenters. The first-order valence-corrected chi connectivity index (χ1v) is 5.14. The lowest BCUT2D eigenvalue weighted by Gasteiger charge is -2.29. The van der Waals surface area contributed by atoms with Gasteiger partial charge < -0.3 is 5.32 Å². The minimum absolute atomic E-state index is 0.296. The number of carbonyl (C=O) groups is 1. The third-order valence-corrected chi connectivity index (χ3v) is 3.17. The Balaban J connectivity index is 2.06. The summed E-state index contributed by atoms with van der Waals surface area (Å²) in [4.78, 5) is 11.3. The van der Waals surface area contributed by atoms with Crippen molar-refractivity contribution < 1.29 is 4.79 Å². The molecule has 1 saturated carbocycles. The molecule has 2 heterocycles. The summed E-state index contributed by atoms with van der Waals surface area (Å²) < 4.78 is 0. The molecule has 0 aromatic carbocycles. The highest BCUT2D eigenvalue weighted by atomic mass is 16.1. The van der Waals surface area contributed by atoms with E-state index in [-0.39, 0.29) is 0 Å². The fourth-order valence-corrected chi connectivity index (χ4v) is 2.49. The largest absolute Gasteiger partial charge is 0.353 e. The zero-order chi connectivity index (χ0) is 8.39. The number of amides is 1. The summed E-state index contributed by atoms with van der Waals surface area (Å²) in [6.07, 6.45) is 8.40. The van der Waals surface area contributed by atoms with Crippen molar-refractivity contribution in [2.75, 3.05) is 0 Å². The summed E-state index contributed by atoms with van der Waals surface area (Å²) in [6, 6.07) is 0.499. The second kappa shape index (κ2) is 3.46. The molecule has 2 nitrogen and oxygen atoms in total. The highest BCUT2D eigenvalue weighted by molar-refractivity contribution is 5.76. The molecule has 3 rings (SSSR count). The number of hydrogen-bond acceptors (Lipinski definition) is 1. The van der Waals surface area contributed by atoms with Gasteiger partial charge in [-0.15, -0.1) is 0 Å². The van der Waals surface area contributed by atoms with Gasteiger partial charge in [-0.1, -0.05) is 12.8 Å². The van der Waals surface area contributed by atoms with Gasteiger partial charge in [0.1, 0.15) is 0 Å². The zero-order valence-electron chi connectivity index (χ0n) is 7.51. The van der Waals surface area contributed by atoms with Crippen molar-refractivity contribution in [2.24, 2.45) is 5.92 Å². The number of hydrogen-bond donors (Lipinski definition) is 1. The number of carbonyl (C=O) groups excluding carboxylic acids is 1. The highest BCUT2D eigenvalue weighted by Crippen LogP contribution is 2.27. The van der Waals surface area contributed by atoms with Crippen LogP contribution in [0.25, 0.3) is 0 Å². The van der Waals surface area contributed by atoms with Gasteiger partial charge in [-0.3, -0.25) is 4.79 Å². The van der Waals surface area contributed by atoms with Crippen molar-refractivity contribution in [1.82, 2.24) is 5.32 Å². The van der Waals surface area contributed by atoms with E-state index < -0.39 is 0 Å². The molecule has 1 N–H and O–H groups in total. The van der Waals surface area contributed by atoms with E-state index in [9.17, 15) is 4.79 Å². The quantitative estimate of drug-likeness (QED) is 0.586. The van der Waals surface area contributed by atoms with E-state index in [0.29, 0.717) is 17.9 Å². The van der Waals surface area contributed by atoms with Crippen LogP contribution in [0.4, 0.5) is 0 Å². The maximum absolute atomic E-state index is 11.3. The van der Waals surface area contributed by atoms with Crippen LogP contribution in [0, 0.1) is 5.92 Å². The van der Waals surface area contributed by atoms with E-state index in [0.717, 1.165) is 6.42 Å². The van der Waals surface area contributed by atoms with E-state index in [1.54, 1.807) is 0 Å². The van der Waals surface area contributed by atoms with Crippen LogP contribution in [0.1, 0.15) is 44.9 Å². The average molecular weight is 167 g/mol. The van der Waals surface area contributed by atoms with Crippen molar-refractivity contribution in [3.8, 4) is 0 Å². The van der Waals surface area contributed by atoms with E-state index in [1.165, 1.54) is 38.5 Å². The topological polar surface area (TPSA) is 29.1 Å². The van der Waals surface area contributed by atoms with Crippen LogP contribution >= 0.6 is 0 Å². The first kappa shape index (κ1) is 8.09. The molecule has 3 aliphatic rings. The minimum atomic E-state index is 0.296. The summed E-state index contributed by atoms with van der Waals surface area (Å²) in [5, 5.41) is 3.11. The smallest absolute Gasteiger partial charge is 0.220 e. The summed E-state index contributed by atoms with van der Waals surface area (Å²) in [5.41, 5.74) is 0. The lowest BCUT2D eigenvalue weighted by Crippen LogP contribution is -2.39. The first-order valence-electron chi connectivity index (χ1n) is 5.14. The summed E-state index contributed by atoms with van der Waals surface area (Å²) in [7, 11) is 0. The predicted molar refractivity (Wildman–Crippen MR) is 47.7 cm³/mol. The van der Waals surface area contributed by atoms with Crippen LogP contribution < -0.4 is 5.32 Å². The molecule has 0 atom stereocenters. The van der Waals surface area contributed by atoms with Crippen molar-refractivity contribution in [3.63, 3.8) is 0 Å². The van der Waals surface area contributed by atoms with Gasteiger partial charge >= 0.3 is 0 Å². The Hall–Kier alpha value is -0.530. The van der Waals surface area contributed by atoms with Crippen LogP contribution in [0.2, 0.25) is 0 Å². The zero-order valence-corrected chi connectivity index (χ0v) is 7.51. The van der Waals surface area contributed by atoms with E-state index >= 15 is 0 Å². The molecule has 1 aliphatic carbocycles. The molecule has 3 fully saturated rings. The average Bonchev–Trinajstić information content (AvgIpc) is 1.91. The molecule has 0 spiro atoms. The Morgan fingerprint density at radius 3 is 2.42 bits per heavy atom. The molecule has 1 amide bonds. The molecule has 0 aromatic heterocycles. The highest BCUT2D eigenvalue weighted by Gasteiger charge is 2.23. The molecular weight excluding hydrogens is 150 g/mol. The molecule has 12 heavy (non-hydrogen) atoms. The molecule has 2 heteroatoms. The fourth-order valence-electron chi connectivity index (χ4n) is 2.49. The molecule has 0 radical (unpaired) electrons. The SMILES string of the molecule is O=C1CC2CCCC(CCC2)N1.